The lowest BCUT2D eigenvalue weighted by molar-refractivity contribution is -0.137. The highest BCUT2D eigenvalue weighted by Crippen LogP contribution is 2.36. The van der Waals surface area contributed by atoms with Crippen LogP contribution in [0.1, 0.15) is 51.6 Å². The van der Waals surface area contributed by atoms with Gasteiger partial charge >= 0.3 is 11.9 Å². The Morgan fingerprint density at radius 1 is 1.04 bits per heavy atom. The first-order valence-electron chi connectivity index (χ1n) is 16.5. The van der Waals surface area contributed by atoms with Gasteiger partial charge in [-0.25, -0.2) is 9.78 Å². The van der Waals surface area contributed by atoms with E-state index in [0.717, 1.165) is 18.2 Å². The molecule has 1 fully saturated rings. The van der Waals surface area contributed by atoms with Gasteiger partial charge in [0, 0.05) is 58.5 Å². The number of benzene rings is 1. The number of aromatic nitrogens is 6. The first-order chi connectivity index (χ1) is 22.6. The summed E-state index contributed by atoms with van der Waals surface area (Å²) in [6.45, 7) is 14.0. The van der Waals surface area contributed by atoms with Crippen LogP contribution in [0.15, 0.2) is 46.2 Å². The molecular weight excluding hydrogens is 643 g/mol. The van der Waals surface area contributed by atoms with Crippen molar-refractivity contribution < 1.29 is 22.7 Å². The van der Waals surface area contributed by atoms with E-state index in [1.807, 2.05) is 20.8 Å². The van der Waals surface area contributed by atoms with Crippen LogP contribution in [-0.2, 0) is 35.5 Å². The molecule has 0 spiro atoms. The maximum Gasteiger partial charge on any atom is 0.416 e. The highest BCUT2D eigenvalue weighted by molar-refractivity contribution is 6.76. The van der Waals surface area contributed by atoms with E-state index in [9.17, 15) is 27.6 Å². The zero-order valence-electron chi connectivity index (χ0n) is 28.4. The fourth-order valence-corrected chi connectivity index (χ4v) is 6.82. The molecular formula is C33H44F3N7O4Si. The number of hydrogen-bond donors (Lipinski definition) is 0. The van der Waals surface area contributed by atoms with Crippen LogP contribution in [0.3, 0.4) is 0 Å². The van der Waals surface area contributed by atoms with E-state index >= 15 is 0 Å². The second-order valence-corrected chi connectivity index (χ2v) is 19.4. The number of imidazole rings is 1. The van der Waals surface area contributed by atoms with Crippen LogP contribution in [-0.4, -0.2) is 55.6 Å². The minimum absolute atomic E-state index is 0.0613. The summed E-state index contributed by atoms with van der Waals surface area (Å²) in [6.07, 6.45) is 0.331. The van der Waals surface area contributed by atoms with Gasteiger partial charge < -0.3 is 9.64 Å². The van der Waals surface area contributed by atoms with Gasteiger partial charge in [-0.3, -0.25) is 28.0 Å². The molecule has 48 heavy (non-hydrogen) atoms. The lowest BCUT2D eigenvalue weighted by Crippen LogP contribution is -2.40. The standard InChI is InChI=1S/C33H44F3N7O4Si/c1-7-12-39-30-28(31(45)40(13-8-2)32(39)46)42(21-47-14-15-48(4,5)6)29(38-30)24-18-37-43(20-24)22(3)23-16-27(44)41(19-23)26-11-9-10-25(17-26)33(34,35)36/h9-11,17-18,20,22-23H,7-8,12-16,19,21H2,1-6H3. The Morgan fingerprint density at radius 2 is 1.75 bits per heavy atom. The molecule has 2 atom stereocenters. The van der Waals surface area contributed by atoms with Crippen LogP contribution in [0, 0.1) is 5.92 Å². The number of fused-ring (bicyclic) bond motifs is 1. The number of carbonyl (C=O) groups is 1. The van der Waals surface area contributed by atoms with E-state index in [0.29, 0.717) is 48.5 Å². The molecule has 1 aliphatic rings. The van der Waals surface area contributed by atoms with E-state index in [2.05, 4.69) is 24.7 Å². The quantitative estimate of drug-likeness (QED) is 0.126. The van der Waals surface area contributed by atoms with Gasteiger partial charge in [-0.1, -0.05) is 39.6 Å². The molecule has 260 valence electrons. The Bertz CT molecular complexity index is 1900. The molecule has 0 aliphatic carbocycles. The molecule has 3 aromatic heterocycles. The summed E-state index contributed by atoms with van der Waals surface area (Å²) in [5.74, 6) is -0.0484. The van der Waals surface area contributed by atoms with E-state index < -0.39 is 31.1 Å². The Balaban J connectivity index is 1.50. The van der Waals surface area contributed by atoms with Crippen LogP contribution in [0.5, 0.6) is 0 Å². The number of rotatable bonds is 13. The molecule has 4 aromatic rings. The third kappa shape index (κ3) is 7.21. The maximum absolute atomic E-state index is 13.8. The second kappa shape index (κ2) is 13.9. The molecule has 2 unspecified atom stereocenters. The van der Waals surface area contributed by atoms with Gasteiger partial charge in [0.2, 0.25) is 5.91 Å². The molecule has 0 bridgehead atoms. The van der Waals surface area contributed by atoms with E-state index in [1.165, 1.54) is 21.6 Å². The van der Waals surface area contributed by atoms with Crippen LogP contribution >= 0.6 is 0 Å². The number of aryl methyl sites for hydroxylation is 1. The summed E-state index contributed by atoms with van der Waals surface area (Å²) in [5.41, 5.74) is -0.230. The minimum atomic E-state index is -4.51. The number of ether oxygens (including phenoxy) is 1. The molecule has 0 N–H and O–H groups in total. The van der Waals surface area contributed by atoms with Crippen molar-refractivity contribution in [1.29, 1.82) is 0 Å². The van der Waals surface area contributed by atoms with Crippen molar-refractivity contribution in [2.45, 2.75) is 97.8 Å². The van der Waals surface area contributed by atoms with E-state index in [1.54, 1.807) is 26.2 Å². The van der Waals surface area contributed by atoms with Crippen LogP contribution in [0.4, 0.5) is 18.9 Å². The summed E-state index contributed by atoms with van der Waals surface area (Å²) in [6, 6.07) is 5.45. The van der Waals surface area contributed by atoms with Gasteiger partial charge in [-0.05, 0) is 44.0 Å². The average Bonchev–Trinajstić information content (AvgIpc) is 3.76. The SMILES string of the molecule is CCCn1c(=O)c2c(nc(-c3cnn(C(C)C4CC(=O)N(c5cccc(C(F)(F)F)c5)C4)c3)n2COCC[Si](C)(C)C)n(CCC)c1=O. The van der Waals surface area contributed by atoms with Gasteiger partial charge in [0.05, 0.1) is 23.4 Å². The smallest absolute Gasteiger partial charge is 0.361 e. The van der Waals surface area contributed by atoms with Gasteiger partial charge in [0.1, 0.15) is 12.6 Å². The number of amides is 1. The predicted octanol–water partition coefficient (Wildman–Crippen LogP) is 5.99. The molecule has 0 saturated carbocycles. The highest BCUT2D eigenvalue weighted by Gasteiger charge is 2.37. The number of halogens is 3. The van der Waals surface area contributed by atoms with Crippen molar-refractivity contribution in [1.82, 2.24) is 28.5 Å². The largest absolute Gasteiger partial charge is 0.416 e. The number of hydrogen-bond acceptors (Lipinski definition) is 6. The molecule has 1 saturated heterocycles. The first kappa shape index (κ1) is 35.3. The summed E-state index contributed by atoms with van der Waals surface area (Å²) < 4.78 is 52.4. The molecule has 1 aliphatic heterocycles. The predicted molar refractivity (Wildman–Crippen MR) is 181 cm³/mol. The zero-order valence-corrected chi connectivity index (χ0v) is 29.4. The lowest BCUT2D eigenvalue weighted by atomic mass is 10.0. The molecule has 5 rings (SSSR count). The Labute approximate surface area is 277 Å². The van der Waals surface area contributed by atoms with Crippen molar-refractivity contribution >= 4 is 30.8 Å². The lowest BCUT2D eigenvalue weighted by Gasteiger charge is -2.21. The third-order valence-electron chi connectivity index (χ3n) is 8.82. The zero-order chi connectivity index (χ0) is 35.0. The van der Waals surface area contributed by atoms with Crippen molar-refractivity contribution in [3.05, 3.63) is 63.1 Å². The third-order valence-corrected chi connectivity index (χ3v) is 10.5. The van der Waals surface area contributed by atoms with Crippen molar-refractivity contribution in [3.63, 3.8) is 0 Å². The van der Waals surface area contributed by atoms with E-state index in [-0.39, 0.29) is 49.8 Å². The van der Waals surface area contributed by atoms with Crippen LogP contribution in [0.25, 0.3) is 22.6 Å². The fourth-order valence-electron chi connectivity index (χ4n) is 6.07. The topological polar surface area (TPSA) is 109 Å². The van der Waals surface area contributed by atoms with Gasteiger partial charge in [-0.15, -0.1) is 0 Å². The number of alkyl halides is 3. The molecule has 0 radical (unpaired) electrons. The normalized spacial score (nSPS) is 16.4. The van der Waals surface area contributed by atoms with Crippen molar-refractivity contribution in [3.8, 4) is 11.4 Å². The van der Waals surface area contributed by atoms with Gasteiger partial charge in [0.15, 0.2) is 11.2 Å². The summed E-state index contributed by atoms with van der Waals surface area (Å²) in [5, 5.41) is 4.59. The highest BCUT2D eigenvalue weighted by atomic mass is 28.3. The fraction of sp³-hybridized carbons (Fsp3) is 0.545. The summed E-state index contributed by atoms with van der Waals surface area (Å²) in [7, 11) is -1.39. The van der Waals surface area contributed by atoms with E-state index in [4.69, 9.17) is 9.72 Å². The second-order valence-electron chi connectivity index (χ2n) is 13.7. The molecule has 1 aromatic carbocycles. The Hall–Kier alpha value is -3.98. The number of carbonyl (C=O) groups excluding carboxylic acids is 1. The van der Waals surface area contributed by atoms with Crippen molar-refractivity contribution in [2.24, 2.45) is 5.92 Å². The summed E-state index contributed by atoms with van der Waals surface area (Å²) >= 11 is 0. The summed E-state index contributed by atoms with van der Waals surface area (Å²) in [4.78, 5) is 46.5. The molecule has 15 heteroatoms. The Kier molecular flexibility index (Phi) is 10.2. The molecule has 11 nitrogen and oxygen atoms in total. The van der Waals surface area contributed by atoms with Crippen LogP contribution < -0.4 is 16.1 Å². The monoisotopic (exact) mass is 687 g/mol. The van der Waals surface area contributed by atoms with Crippen LogP contribution in [0.2, 0.25) is 25.7 Å². The van der Waals surface area contributed by atoms with Gasteiger partial charge in [-0.2, -0.15) is 18.3 Å². The number of nitrogens with zero attached hydrogens (tertiary/aromatic N) is 7. The first-order valence-corrected chi connectivity index (χ1v) is 20.2. The maximum atomic E-state index is 13.8. The average molecular weight is 688 g/mol. The Morgan fingerprint density at radius 3 is 2.42 bits per heavy atom. The van der Waals surface area contributed by atoms with Gasteiger partial charge in [0.25, 0.3) is 5.56 Å². The minimum Gasteiger partial charge on any atom is -0.361 e. The number of anilines is 1. The molecule has 4 heterocycles. The molecule has 1 amide bonds. The van der Waals surface area contributed by atoms with Crippen molar-refractivity contribution in [2.75, 3.05) is 18.1 Å².